The third kappa shape index (κ3) is 4.15. The Kier molecular flexibility index (Phi) is 5.81. The van der Waals surface area contributed by atoms with Gasteiger partial charge in [-0.25, -0.2) is 15.0 Å². The molecule has 0 aliphatic rings. The smallest absolute Gasteiger partial charge is 0.164 e. The van der Waals surface area contributed by atoms with Gasteiger partial charge in [0.25, 0.3) is 0 Å². The van der Waals surface area contributed by atoms with E-state index in [1.807, 2.05) is 84.9 Å². The molecule has 0 radical (unpaired) electrons. The van der Waals surface area contributed by atoms with Crippen molar-refractivity contribution in [2.75, 3.05) is 0 Å². The maximum Gasteiger partial charge on any atom is 0.164 e. The minimum Gasteiger partial charge on any atom is -0.456 e. The van der Waals surface area contributed by atoms with E-state index in [-0.39, 0.29) is 0 Å². The van der Waals surface area contributed by atoms with E-state index in [9.17, 15) is 0 Å². The molecule has 0 unspecified atom stereocenters. The lowest BCUT2D eigenvalue weighted by Gasteiger charge is -2.09. The molecule has 0 amide bonds. The zero-order valence-corrected chi connectivity index (χ0v) is 25.6. The third-order valence-electron chi connectivity index (χ3n) is 9.13. The zero-order valence-electron chi connectivity index (χ0n) is 25.6. The first-order valence-electron chi connectivity index (χ1n) is 15.9. The lowest BCUT2D eigenvalue weighted by atomic mass is 9.94. The van der Waals surface area contributed by atoms with E-state index in [2.05, 4.69) is 66.7 Å². The second-order valence-electron chi connectivity index (χ2n) is 12.0. The van der Waals surface area contributed by atoms with E-state index in [4.69, 9.17) is 23.8 Å². The Hall–Kier alpha value is -6.59. The van der Waals surface area contributed by atoms with Gasteiger partial charge in [-0.3, -0.25) is 0 Å². The van der Waals surface area contributed by atoms with Crippen LogP contribution in [-0.4, -0.2) is 15.0 Å². The van der Waals surface area contributed by atoms with Gasteiger partial charge in [0.2, 0.25) is 0 Å². The largest absolute Gasteiger partial charge is 0.456 e. The van der Waals surface area contributed by atoms with Crippen molar-refractivity contribution in [3.8, 4) is 45.3 Å². The molecular formula is C43H25N3O2. The number of hydrogen-bond donors (Lipinski definition) is 0. The SMILES string of the molecule is c1ccc(-c2nc(-c3ccccc3)nc(-c3cccc4oc5cc(-c6cc7c8ccccc8oc7c7ccccc67)ccc5c34)n2)cc1. The fourth-order valence-electron chi connectivity index (χ4n) is 6.89. The quantitative estimate of drug-likeness (QED) is 0.197. The van der Waals surface area contributed by atoms with Crippen molar-refractivity contribution < 1.29 is 8.83 Å². The van der Waals surface area contributed by atoms with E-state index in [0.29, 0.717) is 17.5 Å². The van der Waals surface area contributed by atoms with Crippen molar-refractivity contribution in [2.24, 2.45) is 0 Å². The molecule has 0 atom stereocenters. The Morgan fingerprint density at radius 1 is 0.333 bits per heavy atom. The monoisotopic (exact) mass is 615 g/mol. The van der Waals surface area contributed by atoms with Gasteiger partial charge in [0.05, 0.1) is 0 Å². The molecule has 0 N–H and O–H groups in total. The molecule has 48 heavy (non-hydrogen) atoms. The fourth-order valence-corrected chi connectivity index (χ4v) is 6.89. The molecule has 0 aliphatic heterocycles. The maximum atomic E-state index is 6.57. The fraction of sp³-hybridized carbons (Fsp3) is 0. The van der Waals surface area contributed by atoms with Crippen LogP contribution < -0.4 is 0 Å². The average molecular weight is 616 g/mol. The highest BCUT2D eigenvalue weighted by Crippen LogP contribution is 2.42. The summed E-state index contributed by atoms with van der Waals surface area (Å²) in [7, 11) is 0. The van der Waals surface area contributed by atoms with Crippen LogP contribution in [-0.2, 0) is 0 Å². The normalized spacial score (nSPS) is 11.8. The van der Waals surface area contributed by atoms with Crippen LogP contribution >= 0.6 is 0 Å². The molecule has 0 spiro atoms. The van der Waals surface area contributed by atoms with Crippen LogP contribution in [0, 0.1) is 0 Å². The van der Waals surface area contributed by atoms with Crippen LogP contribution in [0.5, 0.6) is 0 Å². The molecule has 0 aliphatic carbocycles. The van der Waals surface area contributed by atoms with Crippen molar-refractivity contribution >= 4 is 54.6 Å². The number of furan rings is 2. The predicted octanol–water partition coefficient (Wildman–Crippen LogP) is 11.5. The molecule has 5 heteroatoms. The second kappa shape index (κ2) is 10.5. The lowest BCUT2D eigenvalue weighted by Crippen LogP contribution is -2.00. The molecule has 3 aromatic heterocycles. The summed E-state index contributed by atoms with van der Waals surface area (Å²) in [5.41, 5.74) is 8.34. The second-order valence-corrected chi connectivity index (χ2v) is 12.0. The third-order valence-corrected chi connectivity index (χ3v) is 9.13. The summed E-state index contributed by atoms with van der Waals surface area (Å²) < 4.78 is 12.9. The molecule has 0 saturated heterocycles. The summed E-state index contributed by atoms with van der Waals surface area (Å²) in [6.07, 6.45) is 0. The highest BCUT2D eigenvalue weighted by Gasteiger charge is 2.19. The molecule has 0 bridgehead atoms. The Morgan fingerprint density at radius 2 is 0.958 bits per heavy atom. The summed E-state index contributed by atoms with van der Waals surface area (Å²) in [4.78, 5) is 14.9. The van der Waals surface area contributed by atoms with E-state index in [0.717, 1.165) is 82.5 Å². The topological polar surface area (TPSA) is 65.0 Å². The van der Waals surface area contributed by atoms with Crippen LogP contribution in [0.1, 0.15) is 0 Å². The number of para-hydroxylation sites is 1. The number of fused-ring (bicyclic) bond motifs is 8. The van der Waals surface area contributed by atoms with Gasteiger partial charge < -0.3 is 8.83 Å². The molecule has 10 aromatic rings. The molecule has 10 rings (SSSR count). The first kappa shape index (κ1) is 26.6. The van der Waals surface area contributed by atoms with Gasteiger partial charge in [0.1, 0.15) is 22.3 Å². The number of aromatic nitrogens is 3. The average Bonchev–Trinajstić information content (AvgIpc) is 3.73. The first-order valence-corrected chi connectivity index (χ1v) is 15.9. The van der Waals surface area contributed by atoms with Gasteiger partial charge in [-0.2, -0.15) is 0 Å². The highest BCUT2D eigenvalue weighted by atomic mass is 16.3. The number of nitrogens with zero attached hydrogens (tertiary/aromatic N) is 3. The molecular weight excluding hydrogens is 590 g/mol. The first-order chi connectivity index (χ1) is 23.8. The van der Waals surface area contributed by atoms with E-state index < -0.39 is 0 Å². The van der Waals surface area contributed by atoms with Crippen LogP contribution in [0.2, 0.25) is 0 Å². The minimum atomic E-state index is 0.600. The Labute approximate surface area is 274 Å². The van der Waals surface area contributed by atoms with E-state index in [1.165, 1.54) is 0 Å². The summed E-state index contributed by atoms with van der Waals surface area (Å²) in [5.74, 6) is 1.85. The maximum absolute atomic E-state index is 6.57. The van der Waals surface area contributed by atoms with E-state index in [1.54, 1.807) is 0 Å². The van der Waals surface area contributed by atoms with Crippen molar-refractivity contribution in [3.05, 3.63) is 152 Å². The summed E-state index contributed by atoms with van der Waals surface area (Å²) >= 11 is 0. The molecule has 0 fully saturated rings. The summed E-state index contributed by atoms with van der Waals surface area (Å²) in [6, 6.07) is 51.6. The van der Waals surface area contributed by atoms with Gasteiger partial charge in [0.15, 0.2) is 17.5 Å². The number of rotatable bonds is 4. The van der Waals surface area contributed by atoms with Gasteiger partial charge in [-0.05, 0) is 46.8 Å². The van der Waals surface area contributed by atoms with Crippen LogP contribution in [0.15, 0.2) is 160 Å². The Morgan fingerprint density at radius 3 is 1.71 bits per heavy atom. The van der Waals surface area contributed by atoms with Crippen molar-refractivity contribution in [2.45, 2.75) is 0 Å². The van der Waals surface area contributed by atoms with Gasteiger partial charge in [0, 0.05) is 43.6 Å². The molecule has 0 saturated carbocycles. The summed E-state index contributed by atoms with van der Waals surface area (Å²) in [6.45, 7) is 0. The standard InChI is InChI=1S/C43H25N3O2/c1-3-12-26(13-4-1)41-44-42(27-14-5-2-6-15-27)46-43(45-41)33-19-11-21-37-39(33)32-23-22-28(24-38(32)47-37)34-25-35-30-17-9-10-20-36(30)48-40(35)31-18-8-7-16-29(31)34/h1-25H. The number of benzene rings is 7. The highest BCUT2D eigenvalue weighted by molar-refractivity contribution is 6.20. The van der Waals surface area contributed by atoms with Crippen molar-refractivity contribution in [3.63, 3.8) is 0 Å². The number of hydrogen-bond acceptors (Lipinski definition) is 5. The Bertz CT molecular complexity index is 2780. The van der Waals surface area contributed by atoms with E-state index >= 15 is 0 Å². The van der Waals surface area contributed by atoms with Crippen LogP contribution in [0.3, 0.4) is 0 Å². The molecule has 7 aromatic carbocycles. The zero-order chi connectivity index (χ0) is 31.6. The molecule has 224 valence electrons. The molecule has 3 heterocycles. The van der Waals surface area contributed by atoms with Crippen molar-refractivity contribution in [1.29, 1.82) is 0 Å². The lowest BCUT2D eigenvalue weighted by molar-refractivity contribution is 0.669. The predicted molar refractivity (Wildman–Crippen MR) is 194 cm³/mol. The van der Waals surface area contributed by atoms with Crippen LogP contribution in [0.25, 0.3) is 99.9 Å². The summed E-state index contributed by atoms with van der Waals surface area (Å²) in [5, 5.41) is 6.41. The minimum absolute atomic E-state index is 0.600. The Balaban J connectivity index is 1.18. The van der Waals surface area contributed by atoms with Gasteiger partial charge in [-0.1, -0.05) is 121 Å². The molecule has 5 nitrogen and oxygen atoms in total. The van der Waals surface area contributed by atoms with Crippen LogP contribution in [0.4, 0.5) is 0 Å². The van der Waals surface area contributed by atoms with Gasteiger partial charge >= 0.3 is 0 Å². The van der Waals surface area contributed by atoms with Crippen molar-refractivity contribution in [1.82, 2.24) is 15.0 Å². The van der Waals surface area contributed by atoms with Gasteiger partial charge in [-0.15, -0.1) is 0 Å².